The first kappa shape index (κ1) is 14.3. The van der Waals surface area contributed by atoms with Crippen LogP contribution in [0.25, 0.3) is 0 Å². The van der Waals surface area contributed by atoms with E-state index in [1.807, 2.05) is 32.0 Å². The van der Waals surface area contributed by atoms with Gasteiger partial charge in [0.1, 0.15) is 5.78 Å². The molecule has 3 nitrogen and oxygen atoms in total. The fraction of sp³-hybridized carbons (Fsp3) is 0.385. The third-order valence-corrected chi connectivity index (χ3v) is 2.06. The molecule has 1 aromatic carbocycles. The number of hydrogen-bond acceptors (Lipinski definition) is 3. The first-order valence-corrected chi connectivity index (χ1v) is 5.38. The maximum Gasteiger partial charge on any atom is 0.146 e. The van der Waals surface area contributed by atoms with Crippen LogP contribution in [0.5, 0.6) is 0 Å². The van der Waals surface area contributed by atoms with E-state index in [4.69, 9.17) is 11.0 Å². The van der Waals surface area contributed by atoms with Crippen molar-refractivity contribution in [3.8, 4) is 6.07 Å². The van der Waals surface area contributed by atoms with Gasteiger partial charge in [-0.15, -0.1) is 0 Å². The molecule has 0 aliphatic carbocycles. The van der Waals surface area contributed by atoms with Gasteiger partial charge in [-0.3, -0.25) is 4.79 Å². The number of nitrogens with zero attached hydrogens (tertiary/aromatic N) is 1. The standard InChI is InChI=1S/C11H12N2O.C2H6/c1-8(14)11(13)6-9-2-4-10(7-12)5-3-9;1-2/h2-5,11H,6,13H2,1H3;1-2H3/t11-;/m0./s1. The first-order valence-electron chi connectivity index (χ1n) is 5.38. The lowest BCUT2D eigenvalue weighted by Crippen LogP contribution is -2.30. The van der Waals surface area contributed by atoms with Crippen molar-refractivity contribution in [3.63, 3.8) is 0 Å². The zero-order chi connectivity index (χ0) is 12.6. The molecule has 0 saturated heterocycles. The summed E-state index contributed by atoms with van der Waals surface area (Å²) < 4.78 is 0. The summed E-state index contributed by atoms with van der Waals surface area (Å²) >= 11 is 0. The summed E-state index contributed by atoms with van der Waals surface area (Å²) in [5.74, 6) is -0.0191. The van der Waals surface area contributed by atoms with Crippen molar-refractivity contribution in [2.45, 2.75) is 33.2 Å². The van der Waals surface area contributed by atoms with E-state index < -0.39 is 6.04 Å². The van der Waals surface area contributed by atoms with Gasteiger partial charge in [-0.2, -0.15) is 5.26 Å². The number of benzene rings is 1. The lowest BCUT2D eigenvalue weighted by Gasteiger charge is -2.06. The molecular weight excluding hydrogens is 200 g/mol. The molecule has 0 aliphatic heterocycles. The number of hydrogen-bond donors (Lipinski definition) is 1. The van der Waals surface area contributed by atoms with E-state index in [-0.39, 0.29) is 5.78 Å². The Morgan fingerprint density at radius 3 is 2.25 bits per heavy atom. The molecule has 1 atom stereocenters. The molecule has 0 heterocycles. The Balaban J connectivity index is 0.00000106. The van der Waals surface area contributed by atoms with E-state index in [1.165, 1.54) is 6.92 Å². The molecule has 3 heteroatoms. The Hall–Kier alpha value is -1.66. The van der Waals surface area contributed by atoms with Crippen LogP contribution in [-0.4, -0.2) is 11.8 Å². The third-order valence-electron chi connectivity index (χ3n) is 2.06. The molecule has 16 heavy (non-hydrogen) atoms. The minimum atomic E-state index is -0.442. The minimum absolute atomic E-state index is 0.0191. The molecule has 86 valence electrons. The van der Waals surface area contributed by atoms with Crippen LogP contribution < -0.4 is 5.73 Å². The van der Waals surface area contributed by atoms with Crippen molar-refractivity contribution in [3.05, 3.63) is 35.4 Å². The highest BCUT2D eigenvalue weighted by Crippen LogP contribution is 2.05. The van der Waals surface area contributed by atoms with E-state index in [2.05, 4.69) is 0 Å². The molecule has 0 unspecified atom stereocenters. The number of rotatable bonds is 3. The minimum Gasteiger partial charge on any atom is -0.321 e. The second-order valence-corrected chi connectivity index (χ2v) is 3.23. The molecule has 0 saturated carbocycles. The van der Waals surface area contributed by atoms with E-state index in [9.17, 15) is 4.79 Å². The van der Waals surface area contributed by atoms with Crippen LogP contribution in [0.4, 0.5) is 0 Å². The summed E-state index contributed by atoms with van der Waals surface area (Å²) in [5.41, 5.74) is 7.20. The average molecular weight is 218 g/mol. The Bertz CT molecular complexity index is 363. The topological polar surface area (TPSA) is 66.9 Å². The monoisotopic (exact) mass is 218 g/mol. The van der Waals surface area contributed by atoms with Gasteiger partial charge in [0, 0.05) is 0 Å². The molecule has 1 aromatic rings. The highest BCUT2D eigenvalue weighted by Gasteiger charge is 2.08. The lowest BCUT2D eigenvalue weighted by molar-refractivity contribution is -0.118. The van der Waals surface area contributed by atoms with Crippen LogP contribution in [-0.2, 0) is 11.2 Å². The van der Waals surface area contributed by atoms with Crippen LogP contribution in [0.1, 0.15) is 31.9 Å². The van der Waals surface area contributed by atoms with Gasteiger partial charge in [-0.1, -0.05) is 26.0 Å². The maximum atomic E-state index is 10.9. The number of carbonyl (C=O) groups is 1. The van der Waals surface area contributed by atoms with Crippen molar-refractivity contribution in [2.24, 2.45) is 5.73 Å². The Morgan fingerprint density at radius 1 is 1.38 bits per heavy atom. The van der Waals surface area contributed by atoms with Crippen molar-refractivity contribution in [2.75, 3.05) is 0 Å². The second-order valence-electron chi connectivity index (χ2n) is 3.23. The van der Waals surface area contributed by atoms with Crippen molar-refractivity contribution in [1.82, 2.24) is 0 Å². The number of nitriles is 1. The van der Waals surface area contributed by atoms with E-state index in [1.54, 1.807) is 12.1 Å². The average Bonchev–Trinajstić information content (AvgIpc) is 2.32. The molecule has 0 fully saturated rings. The molecule has 2 N–H and O–H groups in total. The predicted octanol–water partition coefficient (Wildman–Crippen LogP) is 2.04. The fourth-order valence-electron chi connectivity index (χ4n) is 1.11. The summed E-state index contributed by atoms with van der Waals surface area (Å²) in [6.07, 6.45) is 0.529. The highest BCUT2D eigenvalue weighted by molar-refractivity contribution is 5.81. The normalized spacial score (nSPS) is 10.7. The Kier molecular flexibility index (Phi) is 6.82. The lowest BCUT2D eigenvalue weighted by atomic mass is 10.0. The summed E-state index contributed by atoms with van der Waals surface area (Å²) in [5, 5.41) is 8.57. The molecule has 0 aliphatic rings. The van der Waals surface area contributed by atoms with Gasteiger partial charge in [-0.05, 0) is 31.0 Å². The fourth-order valence-corrected chi connectivity index (χ4v) is 1.11. The third kappa shape index (κ3) is 4.72. The maximum absolute atomic E-state index is 10.9. The zero-order valence-corrected chi connectivity index (χ0v) is 10.0. The molecule has 0 radical (unpaired) electrons. The summed E-state index contributed by atoms with van der Waals surface area (Å²) in [6, 6.07) is 8.68. The molecule has 0 aromatic heterocycles. The van der Waals surface area contributed by atoms with Crippen LogP contribution in [0, 0.1) is 11.3 Å². The number of nitrogens with two attached hydrogens (primary N) is 1. The van der Waals surface area contributed by atoms with Crippen LogP contribution in [0.15, 0.2) is 24.3 Å². The highest BCUT2D eigenvalue weighted by atomic mass is 16.1. The van der Waals surface area contributed by atoms with Crippen molar-refractivity contribution in [1.29, 1.82) is 5.26 Å². The number of ketones is 1. The Morgan fingerprint density at radius 2 is 1.88 bits per heavy atom. The summed E-state index contributed by atoms with van der Waals surface area (Å²) in [7, 11) is 0. The second kappa shape index (κ2) is 7.61. The van der Waals surface area contributed by atoms with Gasteiger partial charge in [0.2, 0.25) is 0 Å². The van der Waals surface area contributed by atoms with Crippen LogP contribution >= 0.6 is 0 Å². The summed E-state index contributed by atoms with van der Waals surface area (Å²) in [6.45, 7) is 5.48. The van der Waals surface area contributed by atoms with Gasteiger partial charge in [0.25, 0.3) is 0 Å². The van der Waals surface area contributed by atoms with E-state index in [0.717, 1.165) is 5.56 Å². The molecule has 0 amide bonds. The van der Waals surface area contributed by atoms with Crippen molar-refractivity contribution >= 4 is 5.78 Å². The summed E-state index contributed by atoms with van der Waals surface area (Å²) in [4.78, 5) is 10.9. The number of carbonyl (C=O) groups excluding carboxylic acids is 1. The van der Waals surface area contributed by atoms with Gasteiger partial charge >= 0.3 is 0 Å². The van der Waals surface area contributed by atoms with Crippen LogP contribution in [0.2, 0.25) is 0 Å². The van der Waals surface area contributed by atoms with E-state index >= 15 is 0 Å². The molecular formula is C13H18N2O. The van der Waals surface area contributed by atoms with E-state index in [0.29, 0.717) is 12.0 Å². The Labute approximate surface area is 96.9 Å². The zero-order valence-electron chi connectivity index (χ0n) is 10.0. The smallest absolute Gasteiger partial charge is 0.146 e. The largest absolute Gasteiger partial charge is 0.321 e. The molecule has 0 bridgehead atoms. The SMILES string of the molecule is CC.CC(=O)[C@@H](N)Cc1ccc(C#N)cc1. The van der Waals surface area contributed by atoms with Crippen LogP contribution in [0.3, 0.4) is 0 Å². The quantitative estimate of drug-likeness (QED) is 0.844. The molecule has 1 rings (SSSR count). The van der Waals surface area contributed by atoms with Crippen molar-refractivity contribution < 1.29 is 4.79 Å². The predicted molar refractivity (Wildman–Crippen MR) is 64.9 cm³/mol. The van der Waals surface area contributed by atoms with Gasteiger partial charge in [0.15, 0.2) is 0 Å². The van der Waals surface area contributed by atoms with Gasteiger partial charge in [-0.25, -0.2) is 0 Å². The number of Topliss-reactive ketones (excluding diaryl/α,β-unsaturated/α-hetero) is 1. The van der Waals surface area contributed by atoms with Gasteiger partial charge in [0.05, 0.1) is 17.7 Å². The first-order chi connectivity index (χ1) is 7.63. The molecule has 0 spiro atoms. The van der Waals surface area contributed by atoms with Gasteiger partial charge < -0.3 is 5.73 Å².